The molecule has 1 unspecified atom stereocenters. The summed E-state index contributed by atoms with van der Waals surface area (Å²) >= 11 is 0. The molecule has 0 saturated heterocycles. The average molecular weight is 280 g/mol. The van der Waals surface area contributed by atoms with Gasteiger partial charge in [0.05, 0.1) is 5.56 Å². The fraction of sp³-hybridized carbons (Fsp3) is 0.250. The molecule has 0 saturated carbocycles. The van der Waals surface area contributed by atoms with E-state index in [4.69, 9.17) is 0 Å². The summed E-state index contributed by atoms with van der Waals surface area (Å²) in [5.74, 6) is 0. The second-order valence-corrected chi connectivity index (χ2v) is 4.88. The Balaban J connectivity index is 2.31. The van der Waals surface area contributed by atoms with Crippen molar-refractivity contribution in [3.63, 3.8) is 0 Å². The molecule has 1 nitrogen and oxygen atoms in total. The van der Waals surface area contributed by atoms with Crippen LogP contribution in [0.5, 0.6) is 0 Å². The quantitative estimate of drug-likeness (QED) is 0.864. The lowest BCUT2D eigenvalue weighted by atomic mass is 9.95. The number of rotatable bonds is 2. The van der Waals surface area contributed by atoms with Crippen LogP contribution >= 0.6 is 0 Å². The molecule has 0 aliphatic carbocycles. The lowest BCUT2D eigenvalue weighted by Crippen LogP contribution is -2.06. The second-order valence-electron chi connectivity index (χ2n) is 4.88. The number of aliphatic hydroxyl groups is 1. The zero-order valence-electron chi connectivity index (χ0n) is 11.2. The number of aliphatic hydroxyl groups excluding tert-OH is 1. The Morgan fingerprint density at radius 1 is 0.950 bits per heavy atom. The van der Waals surface area contributed by atoms with E-state index in [1.807, 2.05) is 26.0 Å². The zero-order chi connectivity index (χ0) is 14.9. The van der Waals surface area contributed by atoms with Crippen LogP contribution in [0.3, 0.4) is 0 Å². The van der Waals surface area contributed by atoms with Crippen molar-refractivity contribution in [1.82, 2.24) is 0 Å². The molecule has 0 aromatic heterocycles. The monoisotopic (exact) mass is 280 g/mol. The maximum Gasteiger partial charge on any atom is 0.416 e. The largest absolute Gasteiger partial charge is 0.416 e. The Kier molecular flexibility index (Phi) is 3.86. The third kappa shape index (κ3) is 3.02. The SMILES string of the molecule is Cc1ccc(C(O)c2ccc(C(F)(F)F)cc2)c(C)c1. The molecule has 0 amide bonds. The molecular formula is C16H15F3O. The normalized spacial score (nSPS) is 13.3. The Morgan fingerprint density at radius 3 is 2.05 bits per heavy atom. The lowest BCUT2D eigenvalue weighted by molar-refractivity contribution is -0.137. The van der Waals surface area contributed by atoms with Gasteiger partial charge in [-0.3, -0.25) is 0 Å². The second kappa shape index (κ2) is 5.29. The maximum absolute atomic E-state index is 12.5. The highest BCUT2D eigenvalue weighted by Crippen LogP contribution is 2.31. The van der Waals surface area contributed by atoms with Crippen molar-refractivity contribution in [3.05, 3.63) is 70.3 Å². The van der Waals surface area contributed by atoms with Gasteiger partial charge in [-0.15, -0.1) is 0 Å². The van der Waals surface area contributed by atoms with Crippen molar-refractivity contribution in [2.45, 2.75) is 26.1 Å². The minimum atomic E-state index is -4.36. The first-order valence-corrected chi connectivity index (χ1v) is 6.21. The average Bonchev–Trinajstić information content (AvgIpc) is 2.37. The third-order valence-corrected chi connectivity index (χ3v) is 3.27. The molecule has 4 heteroatoms. The first-order chi connectivity index (χ1) is 9.29. The minimum absolute atomic E-state index is 0.449. The molecular weight excluding hydrogens is 265 g/mol. The van der Waals surface area contributed by atoms with Gasteiger partial charge in [0.1, 0.15) is 6.10 Å². The molecule has 2 aromatic carbocycles. The summed E-state index contributed by atoms with van der Waals surface area (Å²) in [5, 5.41) is 10.3. The topological polar surface area (TPSA) is 20.2 Å². The van der Waals surface area contributed by atoms with Gasteiger partial charge in [-0.25, -0.2) is 0 Å². The van der Waals surface area contributed by atoms with Crippen molar-refractivity contribution < 1.29 is 18.3 Å². The van der Waals surface area contributed by atoms with E-state index in [2.05, 4.69) is 0 Å². The van der Waals surface area contributed by atoms with E-state index >= 15 is 0 Å². The van der Waals surface area contributed by atoms with E-state index in [1.165, 1.54) is 12.1 Å². The standard InChI is InChI=1S/C16H15F3O/c1-10-3-8-14(11(2)9-10)15(20)12-4-6-13(7-5-12)16(17,18)19/h3-9,15,20H,1-2H3. The molecule has 2 rings (SSSR count). The van der Waals surface area contributed by atoms with Crippen molar-refractivity contribution >= 4 is 0 Å². The van der Waals surface area contributed by atoms with Gasteiger partial charge in [0, 0.05) is 0 Å². The summed E-state index contributed by atoms with van der Waals surface area (Å²) in [7, 11) is 0. The highest BCUT2D eigenvalue weighted by molar-refractivity contribution is 5.38. The van der Waals surface area contributed by atoms with Crippen molar-refractivity contribution in [2.75, 3.05) is 0 Å². The number of hydrogen-bond acceptors (Lipinski definition) is 1. The molecule has 0 heterocycles. The number of hydrogen-bond donors (Lipinski definition) is 1. The summed E-state index contributed by atoms with van der Waals surface area (Å²) in [5.41, 5.74) is 2.43. The number of benzene rings is 2. The van der Waals surface area contributed by atoms with Crippen LogP contribution in [-0.2, 0) is 6.18 Å². The van der Waals surface area contributed by atoms with Crippen molar-refractivity contribution in [1.29, 1.82) is 0 Å². The van der Waals surface area contributed by atoms with Crippen LogP contribution in [-0.4, -0.2) is 5.11 Å². The van der Waals surface area contributed by atoms with Crippen LogP contribution in [0.1, 0.15) is 33.9 Å². The summed E-state index contributed by atoms with van der Waals surface area (Å²) in [6, 6.07) is 10.2. The zero-order valence-corrected chi connectivity index (χ0v) is 11.2. The summed E-state index contributed by atoms with van der Waals surface area (Å²) in [4.78, 5) is 0. The first kappa shape index (κ1) is 14.6. The predicted octanol–water partition coefficient (Wildman–Crippen LogP) is 4.40. The fourth-order valence-corrected chi connectivity index (χ4v) is 2.17. The van der Waals surface area contributed by atoms with Crippen LogP contribution in [0.2, 0.25) is 0 Å². The van der Waals surface area contributed by atoms with Gasteiger partial charge in [0.2, 0.25) is 0 Å². The van der Waals surface area contributed by atoms with Crippen molar-refractivity contribution in [3.8, 4) is 0 Å². The number of aryl methyl sites for hydroxylation is 2. The summed E-state index contributed by atoms with van der Waals surface area (Å²) in [6.07, 6.45) is -5.28. The van der Waals surface area contributed by atoms with Gasteiger partial charge in [0.25, 0.3) is 0 Å². The molecule has 0 aliphatic heterocycles. The van der Waals surface area contributed by atoms with E-state index in [9.17, 15) is 18.3 Å². The Bertz CT molecular complexity index is 600. The van der Waals surface area contributed by atoms with Gasteiger partial charge in [-0.05, 0) is 42.7 Å². The van der Waals surface area contributed by atoms with E-state index < -0.39 is 17.8 Å². The predicted molar refractivity (Wildman–Crippen MR) is 71.4 cm³/mol. The van der Waals surface area contributed by atoms with Gasteiger partial charge in [-0.2, -0.15) is 13.2 Å². The molecule has 1 atom stereocenters. The molecule has 0 bridgehead atoms. The van der Waals surface area contributed by atoms with Crippen LogP contribution < -0.4 is 0 Å². The van der Waals surface area contributed by atoms with Crippen LogP contribution in [0.4, 0.5) is 13.2 Å². The minimum Gasteiger partial charge on any atom is -0.384 e. The van der Waals surface area contributed by atoms with Gasteiger partial charge >= 0.3 is 6.18 Å². The van der Waals surface area contributed by atoms with E-state index in [-0.39, 0.29) is 0 Å². The lowest BCUT2D eigenvalue weighted by Gasteiger charge is -2.15. The smallest absolute Gasteiger partial charge is 0.384 e. The van der Waals surface area contributed by atoms with Crippen LogP contribution in [0, 0.1) is 13.8 Å². The number of alkyl halides is 3. The molecule has 20 heavy (non-hydrogen) atoms. The Morgan fingerprint density at radius 2 is 1.55 bits per heavy atom. The molecule has 0 fully saturated rings. The molecule has 0 spiro atoms. The van der Waals surface area contributed by atoms with Crippen molar-refractivity contribution in [2.24, 2.45) is 0 Å². The van der Waals surface area contributed by atoms with Gasteiger partial charge < -0.3 is 5.11 Å². The van der Waals surface area contributed by atoms with E-state index in [0.29, 0.717) is 11.1 Å². The Labute approximate surface area is 115 Å². The highest BCUT2D eigenvalue weighted by Gasteiger charge is 2.30. The van der Waals surface area contributed by atoms with Gasteiger partial charge in [-0.1, -0.05) is 35.9 Å². The summed E-state index contributed by atoms with van der Waals surface area (Å²) < 4.78 is 37.5. The number of halogens is 3. The maximum atomic E-state index is 12.5. The molecule has 0 aliphatic rings. The van der Waals surface area contributed by atoms with Crippen LogP contribution in [0.25, 0.3) is 0 Å². The Hall–Kier alpha value is -1.81. The first-order valence-electron chi connectivity index (χ1n) is 6.21. The molecule has 0 radical (unpaired) electrons. The highest BCUT2D eigenvalue weighted by atomic mass is 19.4. The third-order valence-electron chi connectivity index (χ3n) is 3.27. The van der Waals surface area contributed by atoms with Crippen LogP contribution in [0.15, 0.2) is 42.5 Å². The van der Waals surface area contributed by atoms with Gasteiger partial charge in [0.15, 0.2) is 0 Å². The molecule has 1 N–H and O–H groups in total. The molecule has 2 aromatic rings. The summed E-state index contributed by atoms with van der Waals surface area (Å²) in [6.45, 7) is 3.82. The molecule has 106 valence electrons. The van der Waals surface area contributed by atoms with E-state index in [0.717, 1.165) is 23.3 Å². The fourth-order valence-electron chi connectivity index (χ4n) is 2.17. The van der Waals surface area contributed by atoms with E-state index in [1.54, 1.807) is 6.07 Å².